The van der Waals surface area contributed by atoms with Gasteiger partial charge in [-0.05, 0) is 31.9 Å². The molecule has 2 rings (SSSR count). The van der Waals surface area contributed by atoms with Crippen molar-refractivity contribution in [2.24, 2.45) is 5.73 Å². The number of nitrogens with zero attached hydrogens (tertiary/aromatic N) is 1. The summed E-state index contributed by atoms with van der Waals surface area (Å²) in [4.78, 5) is 34.4. The van der Waals surface area contributed by atoms with Crippen LogP contribution in [0, 0.1) is 6.92 Å². The number of primary amides is 1. The van der Waals surface area contributed by atoms with Gasteiger partial charge in [0.1, 0.15) is 6.04 Å². The molecule has 0 radical (unpaired) electrons. The number of carbonyl (C=O) groups is 3. The first-order chi connectivity index (χ1) is 12.2. The minimum Gasteiger partial charge on any atom is -0.454 e. The summed E-state index contributed by atoms with van der Waals surface area (Å²) >= 11 is 0. The molecule has 0 unspecified atom stereocenters. The second-order valence-corrected chi connectivity index (χ2v) is 7.83. The third kappa shape index (κ3) is 4.79. The number of sulfonamides is 1. The van der Waals surface area contributed by atoms with Crippen LogP contribution in [0.3, 0.4) is 0 Å². The number of rotatable bonds is 7. The lowest BCUT2D eigenvalue weighted by atomic mass is 10.2. The Hall–Kier alpha value is -2.46. The Labute approximate surface area is 151 Å². The zero-order valence-corrected chi connectivity index (χ0v) is 15.1. The number of carbonyl (C=O) groups excluding carboxylic acids is 3. The number of esters is 1. The van der Waals surface area contributed by atoms with Gasteiger partial charge in [0.15, 0.2) is 6.61 Å². The van der Waals surface area contributed by atoms with Gasteiger partial charge in [0.25, 0.3) is 5.91 Å². The van der Waals surface area contributed by atoms with E-state index in [1.807, 2.05) is 6.92 Å². The molecule has 3 N–H and O–H groups in total. The molecule has 1 aliphatic rings. The number of hydrogen-bond acceptors (Lipinski definition) is 6. The van der Waals surface area contributed by atoms with Crippen molar-refractivity contribution in [1.29, 1.82) is 0 Å². The third-order valence-electron chi connectivity index (χ3n) is 3.91. The van der Waals surface area contributed by atoms with E-state index in [4.69, 9.17) is 10.5 Å². The highest BCUT2D eigenvalue weighted by Crippen LogP contribution is 2.27. The molecular formula is C16H21N3O6S. The van der Waals surface area contributed by atoms with Crippen LogP contribution in [0.4, 0.5) is 0 Å². The molecule has 1 fully saturated rings. The van der Waals surface area contributed by atoms with Crippen LogP contribution in [0.25, 0.3) is 0 Å². The number of amides is 2. The van der Waals surface area contributed by atoms with Gasteiger partial charge >= 0.3 is 5.97 Å². The van der Waals surface area contributed by atoms with E-state index in [-0.39, 0.29) is 18.0 Å². The lowest BCUT2D eigenvalue weighted by molar-refractivity contribution is -0.151. The fourth-order valence-corrected chi connectivity index (χ4v) is 4.23. The molecular weight excluding hydrogens is 362 g/mol. The second-order valence-electron chi connectivity index (χ2n) is 5.94. The van der Waals surface area contributed by atoms with Gasteiger partial charge in [-0.15, -0.1) is 0 Å². The van der Waals surface area contributed by atoms with Crippen molar-refractivity contribution in [2.45, 2.75) is 30.7 Å². The van der Waals surface area contributed by atoms with Gasteiger partial charge in [0, 0.05) is 6.54 Å². The van der Waals surface area contributed by atoms with Crippen molar-refractivity contribution < 1.29 is 27.5 Å². The molecule has 1 saturated heterocycles. The van der Waals surface area contributed by atoms with Crippen molar-refractivity contribution >= 4 is 27.8 Å². The van der Waals surface area contributed by atoms with Crippen molar-refractivity contribution in [2.75, 3.05) is 19.7 Å². The number of benzene rings is 1. The summed E-state index contributed by atoms with van der Waals surface area (Å²) in [6.07, 6.45) is 0.825. The summed E-state index contributed by atoms with van der Waals surface area (Å²) in [5, 5.41) is 2.18. The maximum atomic E-state index is 12.8. The van der Waals surface area contributed by atoms with Gasteiger partial charge in [0.2, 0.25) is 15.9 Å². The van der Waals surface area contributed by atoms with Crippen LogP contribution in [0.1, 0.15) is 18.4 Å². The molecule has 1 aromatic rings. The molecule has 0 saturated carbocycles. The topological polar surface area (TPSA) is 136 Å². The largest absolute Gasteiger partial charge is 0.454 e. The van der Waals surface area contributed by atoms with E-state index < -0.39 is 40.5 Å². The number of ether oxygens (including phenoxy) is 1. The molecule has 9 nitrogen and oxygen atoms in total. The maximum absolute atomic E-state index is 12.8. The Bertz CT molecular complexity index is 791. The van der Waals surface area contributed by atoms with Gasteiger partial charge in [-0.25, -0.2) is 8.42 Å². The first-order valence-electron chi connectivity index (χ1n) is 8.02. The van der Waals surface area contributed by atoms with Gasteiger partial charge in [-0.1, -0.05) is 17.7 Å². The quantitative estimate of drug-likeness (QED) is 0.597. The van der Waals surface area contributed by atoms with Crippen molar-refractivity contribution in [3.8, 4) is 0 Å². The first-order valence-corrected chi connectivity index (χ1v) is 9.46. The molecule has 10 heteroatoms. The van der Waals surface area contributed by atoms with Gasteiger partial charge < -0.3 is 15.8 Å². The van der Waals surface area contributed by atoms with Crippen molar-refractivity contribution in [3.05, 3.63) is 29.8 Å². The normalized spacial score (nSPS) is 17.7. The Morgan fingerprint density at radius 3 is 2.54 bits per heavy atom. The van der Waals surface area contributed by atoms with E-state index in [0.29, 0.717) is 12.8 Å². The van der Waals surface area contributed by atoms with E-state index in [0.717, 1.165) is 9.87 Å². The zero-order chi connectivity index (χ0) is 19.3. The standard InChI is InChI=1S/C16H21N3O6S/c1-11-4-6-12(7-5-11)26(23,24)19-8-2-3-13(19)16(22)25-10-15(21)18-9-14(17)20/h4-7,13H,2-3,8-10H2,1H3,(H2,17,20)(H,18,21)/t13-/m0/s1. The van der Waals surface area contributed by atoms with E-state index in [1.165, 1.54) is 12.1 Å². The molecule has 0 bridgehead atoms. The molecule has 26 heavy (non-hydrogen) atoms. The fraction of sp³-hybridized carbons (Fsp3) is 0.438. The Morgan fingerprint density at radius 2 is 1.92 bits per heavy atom. The monoisotopic (exact) mass is 383 g/mol. The molecule has 1 heterocycles. The molecule has 0 aliphatic carbocycles. The van der Waals surface area contributed by atoms with E-state index in [2.05, 4.69) is 5.32 Å². The molecule has 1 aromatic carbocycles. The number of nitrogens with one attached hydrogen (secondary N) is 1. The molecule has 1 atom stereocenters. The van der Waals surface area contributed by atoms with Gasteiger partial charge in [0.05, 0.1) is 11.4 Å². The maximum Gasteiger partial charge on any atom is 0.324 e. The predicted octanol–water partition coefficient (Wildman–Crippen LogP) is -0.707. The molecule has 0 aromatic heterocycles. The number of hydrogen-bond donors (Lipinski definition) is 2. The van der Waals surface area contributed by atoms with Crippen LogP contribution in [-0.4, -0.2) is 56.2 Å². The SMILES string of the molecule is Cc1ccc(S(=O)(=O)N2CCC[C@H]2C(=O)OCC(=O)NCC(N)=O)cc1. The highest BCUT2D eigenvalue weighted by atomic mass is 32.2. The lowest BCUT2D eigenvalue weighted by Gasteiger charge is -2.22. The summed E-state index contributed by atoms with van der Waals surface area (Å²) in [7, 11) is -3.84. The predicted molar refractivity (Wildman–Crippen MR) is 91.3 cm³/mol. The third-order valence-corrected chi connectivity index (χ3v) is 5.83. The number of nitrogens with two attached hydrogens (primary N) is 1. The lowest BCUT2D eigenvalue weighted by Crippen LogP contribution is -2.43. The second kappa shape index (κ2) is 8.28. The Balaban J connectivity index is 2.02. The number of aryl methyl sites for hydroxylation is 1. The average molecular weight is 383 g/mol. The Morgan fingerprint density at radius 1 is 1.27 bits per heavy atom. The smallest absolute Gasteiger partial charge is 0.324 e. The van der Waals surface area contributed by atoms with E-state index in [1.54, 1.807) is 12.1 Å². The van der Waals surface area contributed by atoms with Crippen LogP contribution in [0.15, 0.2) is 29.2 Å². The van der Waals surface area contributed by atoms with Crippen LogP contribution >= 0.6 is 0 Å². The summed E-state index contributed by atoms with van der Waals surface area (Å²) in [5.41, 5.74) is 5.81. The van der Waals surface area contributed by atoms with Gasteiger partial charge in [-0.2, -0.15) is 4.31 Å². The summed E-state index contributed by atoms with van der Waals surface area (Å²) in [5.74, 6) is -2.22. The minimum atomic E-state index is -3.84. The fourth-order valence-electron chi connectivity index (χ4n) is 2.58. The summed E-state index contributed by atoms with van der Waals surface area (Å²) in [6.45, 7) is 1.06. The molecule has 2 amide bonds. The van der Waals surface area contributed by atoms with Crippen LogP contribution in [0.2, 0.25) is 0 Å². The van der Waals surface area contributed by atoms with Crippen LogP contribution in [-0.2, 0) is 29.1 Å². The average Bonchev–Trinajstić information content (AvgIpc) is 3.09. The first kappa shape index (κ1) is 19.9. The van der Waals surface area contributed by atoms with Crippen molar-refractivity contribution in [3.63, 3.8) is 0 Å². The van der Waals surface area contributed by atoms with Crippen molar-refractivity contribution in [1.82, 2.24) is 9.62 Å². The summed E-state index contributed by atoms with van der Waals surface area (Å²) < 4.78 is 31.5. The molecule has 142 valence electrons. The highest BCUT2D eigenvalue weighted by Gasteiger charge is 2.40. The molecule has 0 spiro atoms. The van der Waals surface area contributed by atoms with Gasteiger partial charge in [-0.3, -0.25) is 14.4 Å². The molecule has 1 aliphatic heterocycles. The van der Waals surface area contributed by atoms with Crippen LogP contribution in [0.5, 0.6) is 0 Å². The Kier molecular flexibility index (Phi) is 6.32. The van der Waals surface area contributed by atoms with Crippen LogP contribution < -0.4 is 11.1 Å². The summed E-state index contributed by atoms with van der Waals surface area (Å²) in [6, 6.07) is 5.36. The van der Waals surface area contributed by atoms with E-state index >= 15 is 0 Å². The highest BCUT2D eigenvalue weighted by molar-refractivity contribution is 7.89. The van der Waals surface area contributed by atoms with E-state index in [9.17, 15) is 22.8 Å². The minimum absolute atomic E-state index is 0.0991. The zero-order valence-electron chi connectivity index (χ0n) is 14.3.